The Balaban J connectivity index is 1.38. The van der Waals surface area contributed by atoms with E-state index in [1.54, 1.807) is 11.8 Å². The van der Waals surface area contributed by atoms with Crippen LogP contribution < -0.4 is 9.47 Å². The van der Waals surface area contributed by atoms with Gasteiger partial charge in [0.25, 0.3) is 0 Å². The maximum atomic E-state index is 5.69. The van der Waals surface area contributed by atoms with Gasteiger partial charge in [-0.15, -0.1) is 5.10 Å². The lowest BCUT2D eigenvalue weighted by molar-refractivity contribution is 0.332. The van der Waals surface area contributed by atoms with Gasteiger partial charge < -0.3 is 9.47 Å². The van der Waals surface area contributed by atoms with Crippen molar-refractivity contribution in [3.63, 3.8) is 0 Å². The Kier molecular flexibility index (Phi) is 4.65. The summed E-state index contributed by atoms with van der Waals surface area (Å²) in [6, 6.07) is 7.69. The highest BCUT2D eigenvalue weighted by molar-refractivity contribution is 7.99. The average Bonchev–Trinajstić information content (AvgIpc) is 3.25. The molecule has 0 spiro atoms. The molecule has 2 aromatic rings. The van der Waals surface area contributed by atoms with Crippen LogP contribution in [0.4, 0.5) is 0 Å². The second-order valence-corrected chi connectivity index (χ2v) is 5.94. The third-order valence-corrected chi connectivity index (χ3v) is 3.98. The lowest BCUT2D eigenvalue weighted by Gasteiger charge is -2.06. The third-order valence-electron chi connectivity index (χ3n) is 3.16. The van der Waals surface area contributed by atoms with Crippen LogP contribution in [0.1, 0.15) is 31.5 Å². The van der Waals surface area contributed by atoms with Crippen molar-refractivity contribution in [1.29, 1.82) is 0 Å². The molecule has 0 radical (unpaired) electrons. The summed E-state index contributed by atoms with van der Waals surface area (Å²) in [5.41, 5.74) is 0. The summed E-state index contributed by atoms with van der Waals surface area (Å²) in [4.78, 5) is 4.47. The molecule has 0 saturated heterocycles. The van der Waals surface area contributed by atoms with E-state index in [0.717, 1.165) is 28.2 Å². The molecule has 1 aliphatic carbocycles. The molecule has 5 nitrogen and oxygen atoms in total. The van der Waals surface area contributed by atoms with Crippen LogP contribution in [0, 0.1) is 0 Å². The molecular weight excluding hydrogens is 286 g/mol. The smallest absolute Gasteiger partial charge is 0.208 e. The van der Waals surface area contributed by atoms with E-state index < -0.39 is 0 Å². The summed E-state index contributed by atoms with van der Waals surface area (Å²) in [5.74, 6) is 4.20. The summed E-state index contributed by atoms with van der Waals surface area (Å²) in [6.45, 7) is 3.28. The van der Waals surface area contributed by atoms with Gasteiger partial charge in [0.2, 0.25) is 5.16 Å². The minimum atomic E-state index is 0.618. The largest absolute Gasteiger partial charge is 0.494 e. The molecule has 1 N–H and O–H groups in total. The molecule has 6 heteroatoms. The molecule has 1 aromatic carbocycles. The van der Waals surface area contributed by atoms with Gasteiger partial charge in [-0.3, -0.25) is 5.10 Å². The summed E-state index contributed by atoms with van der Waals surface area (Å²) in [7, 11) is 0. The predicted octanol–water partition coefficient (Wildman–Crippen LogP) is 3.25. The molecule has 3 rings (SSSR count). The fourth-order valence-corrected chi connectivity index (χ4v) is 2.58. The highest BCUT2D eigenvalue weighted by Gasteiger charge is 2.27. The third kappa shape index (κ3) is 4.14. The number of ether oxygens (including phenoxy) is 2. The Morgan fingerprint density at radius 2 is 1.90 bits per heavy atom. The number of H-pyrrole nitrogens is 1. The molecular formula is C15H19N3O2S. The van der Waals surface area contributed by atoms with Crippen molar-refractivity contribution in [3.05, 3.63) is 30.1 Å². The van der Waals surface area contributed by atoms with Gasteiger partial charge in [-0.25, -0.2) is 4.98 Å². The van der Waals surface area contributed by atoms with Gasteiger partial charge in [-0.05, 0) is 44.0 Å². The van der Waals surface area contributed by atoms with E-state index in [4.69, 9.17) is 9.47 Å². The second-order valence-electron chi connectivity index (χ2n) is 4.88. The molecule has 1 fully saturated rings. The van der Waals surface area contributed by atoms with E-state index in [-0.39, 0.29) is 0 Å². The number of nitrogens with one attached hydrogen (secondary N) is 1. The van der Waals surface area contributed by atoms with Gasteiger partial charge in [-0.1, -0.05) is 11.8 Å². The maximum absolute atomic E-state index is 5.69. The van der Waals surface area contributed by atoms with Gasteiger partial charge in [0.05, 0.1) is 13.2 Å². The zero-order valence-electron chi connectivity index (χ0n) is 12.0. The highest BCUT2D eigenvalue weighted by atomic mass is 32.2. The standard InChI is InChI=1S/C15H19N3O2S/c1-2-19-12-5-7-13(8-6-12)20-9-10-21-15-16-14(17-18-15)11-3-4-11/h5-8,11H,2-4,9-10H2,1H3,(H,16,17,18). The van der Waals surface area contributed by atoms with Crippen molar-refractivity contribution in [2.45, 2.75) is 30.8 Å². The molecule has 0 atom stereocenters. The van der Waals surface area contributed by atoms with Crippen molar-refractivity contribution < 1.29 is 9.47 Å². The minimum absolute atomic E-state index is 0.618. The summed E-state index contributed by atoms with van der Waals surface area (Å²) in [6.07, 6.45) is 2.47. The first kappa shape index (κ1) is 14.3. The van der Waals surface area contributed by atoms with Crippen molar-refractivity contribution in [2.75, 3.05) is 19.0 Å². The van der Waals surface area contributed by atoms with Crippen molar-refractivity contribution in [3.8, 4) is 11.5 Å². The Labute approximate surface area is 128 Å². The van der Waals surface area contributed by atoms with E-state index >= 15 is 0 Å². The number of hydrogen-bond donors (Lipinski definition) is 1. The number of nitrogens with zero attached hydrogens (tertiary/aromatic N) is 2. The van der Waals surface area contributed by atoms with Crippen LogP contribution >= 0.6 is 11.8 Å². The molecule has 1 aliphatic rings. The Morgan fingerprint density at radius 1 is 1.19 bits per heavy atom. The summed E-state index contributed by atoms with van der Waals surface area (Å²) < 4.78 is 11.1. The van der Waals surface area contributed by atoms with Crippen LogP contribution in [0.15, 0.2) is 29.4 Å². The van der Waals surface area contributed by atoms with Crippen molar-refractivity contribution >= 4 is 11.8 Å². The van der Waals surface area contributed by atoms with Crippen LogP contribution in [0.25, 0.3) is 0 Å². The molecule has 0 unspecified atom stereocenters. The SMILES string of the molecule is CCOc1ccc(OCCSc2n[nH]c(C3CC3)n2)cc1. The van der Waals surface area contributed by atoms with E-state index in [0.29, 0.717) is 19.1 Å². The minimum Gasteiger partial charge on any atom is -0.494 e. The highest BCUT2D eigenvalue weighted by Crippen LogP contribution is 2.38. The average molecular weight is 305 g/mol. The molecule has 1 saturated carbocycles. The van der Waals surface area contributed by atoms with E-state index in [9.17, 15) is 0 Å². The predicted molar refractivity (Wildman–Crippen MR) is 82.2 cm³/mol. The zero-order chi connectivity index (χ0) is 14.5. The normalized spacial score (nSPS) is 14.1. The van der Waals surface area contributed by atoms with Crippen LogP contribution in [-0.4, -0.2) is 34.1 Å². The summed E-state index contributed by atoms with van der Waals surface area (Å²) >= 11 is 1.61. The second kappa shape index (κ2) is 6.85. The first-order valence-corrected chi connectivity index (χ1v) is 8.24. The fourth-order valence-electron chi connectivity index (χ4n) is 1.95. The Hall–Kier alpha value is -1.69. The number of thioether (sulfide) groups is 1. The van der Waals surface area contributed by atoms with Gasteiger partial charge in [-0.2, -0.15) is 0 Å². The first-order valence-electron chi connectivity index (χ1n) is 7.26. The lowest BCUT2D eigenvalue weighted by Crippen LogP contribution is -2.00. The number of benzene rings is 1. The molecule has 1 aromatic heterocycles. The summed E-state index contributed by atoms with van der Waals surface area (Å²) in [5, 5.41) is 8.03. The van der Waals surface area contributed by atoms with E-state index in [2.05, 4.69) is 15.2 Å². The molecule has 1 heterocycles. The van der Waals surface area contributed by atoms with Crippen LogP contribution in [0.5, 0.6) is 11.5 Å². The maximum Gasteiger partial charge on any atom is 0.208 e. The molecule has 0 amide bonds. The monoisotopic (exact) mass is 305 g/mol. The number of rotatable bonds is 8. The van der Waals surface area contributed by atoms with Gasteiger partial charge in [0, 0.05) is 11.7 Å². The Morgan fingerprint density at radius 3 is 2.57 bits per heavy atom. The Bertz CT molecular complexity index is 567. The quantitative estimate of drug-likeness (QED) is 0.599. The van der Waals surface area contributed by atoms with Crippen LogP contribution in [-0.2, 0) is 0 Å². The molecule has 0 aliphatic heterocycles. The van der Waals surface area contributed by atoms with Crippen LogP contribution in [0.2, 0.25) is 0 Å². The van der Waals surface area contributed by atoms with Gasteiger partial charge in [0.15, 0.2) is 0 Å². The van der Waals surface area contributed by atoms with Crippen molar-refractivity contribution in [2.24, 2.45) is 0 Å². The first-order chi connectivity index (χ1) is 10.3. The number of aromatic amines is 1. The van der Waals surface area contributed by atoms with E-state index in [1.807, 2.05) is 31.2 Å². The van der Waals surface area contributed by atoms with Crippen molar-refractivity contribution in [1.82, 2.24) is 15.2 Å². The molecule has 112 valence electrons. The van der Waals surface area contributed by atoms with Gasteiger partial charge >= 0.3 is 0 Å². The number of aromatic nitrogens is 3. The fraction of sp³-hybridized carbons (Fsp3) is 0.467. The topological polar surface area (TPSA) is 60.0 Å². The zero-order valence-corrected chi connectivity index (χ0v) is 12.9. The lowest BCUT2D eigenvalue weighted by atomic mass is 10.3. The number of hydrogen-bond acceptors (Lipinski definition) is 5. The molecule has 21 heavy (non-hydrogen) atoms. The molecule has 0 bridgehead atoms. The van der Waals surface area contributed by atoms with E-state index in [1.165, 1.54) is 12.8 Å². The van der Waals surface area contributed by atoms with Crippen LogP contribution in [0.3, 0.4) is 0 Å². The van der Waals surface area contributed by atoms with Gasteiger partial charge in [0.1, 0.15) is 17.3 Å².